The van der Waals surface area contributed by atoms with Gasteiger partial charge in [0.2, 0.25) is 0 Å². The zero-order chi connectivity index (χ0) is 18.0. The Kier molecular flexibility index (Phi) is 4.57. The second-order valence-electron chi connectivity index (χ2n) is 7.07. The highest BCUT2D eigenvalue weighted by molar-refractivity contribution is 5.56. The molecule has 25 heavy (non-hydrogen) atoms. The first-order valence-corrected chi connectivity index (χ1v) is 8.53. The highest BCUT2D eigenvalue weighted by atomic mass is 16.5. The van der Waals surface area contributed by atoms with Crippen LogP contribution in [0.25, 0.3) is 5.65 Å². The smallest absolute Gasteiger partial charge is 0.183 e. The number of imidazole rings is 1. The molecule has 0 spiro atoms. The molecule has 0 saturated carbocycles. The number of nitrogens with zero attached hydrogens (tertiary/aromatic N) is 4. The minimum atomic E-state index is -0.131. The molecule has 3 aromatic rings. The number of para-hydroxylation sites is 1. The van der Waals surface area contributed by atoms with Crippen molar-refractivity contribution in [2.45, 2.75) is 40.0 Å². The van der Waals surface area contributed by atoms with Gasteiger partial charge in [0.15, 0.2) is 5.82 Å². The van der Waals surface area contributed by atoms with Crippen LogP contribution in [0.2, 0.25) is 0 Å². The van der Waals surface area contributed by atoms with Crippen molar-refractivity contribution in [3.8, 4) is 5.75 Å². The van der Waals surface area contributed by atoms with Gasteiger partial charge in [0.05, 0.1) is 12.3 Å². The molecule has 3 rings (SSSR count). The van der Waals surface area contributed by atoms with Crippen LogP contribution in [-0.4, -0.2) is 16.0 Å². The highest BCUT2D eigenvalue weighted by Crippen LogP contribution is 2.34. The van der Waals surface area contributed by atoms with Gasteiger partial charge in [0, 0.05) is 11.6 Å². The van der Waals surface area contributed by atoms with Gasteiger partial charge >= 0.3 is 0 Å². The van der Waals surface area contributed by atoms with Gasteiger partial charge in [-0.1, -0.05) is 32.9 Å². The molecule has 2 heterocycles. The lowest BCUT2D eigenvalue weighted by atomic mass is 9.92. The van der Waals surface area contributed by atoms with Crippen molar-refractivity contribution < 1.29 is 4.74 Å². The van der Waals surface area contributed by atoms with Crippen LogP contribution in [0.5, 0.6) is 5.75 Å². The van der Waals surface area contributed by atoms with Crippen LogP contribution in [0.1, 0.15) is 39.0 Å². The number of ether oxygens (including phenoxy) is 1. The second kappa shape index (κ2) is 6.67. The maximum absolute atomic E-state index is 5.63. The van der Waals surface area contributed by atoms with Crippen LogP contribution in [0.15, 0.2) is 52.8 Å². The van der Waals surface area contributed by atoms with Gasteiger partial charge in [-0.3, -0.25) is 4.40 Å². The molecule has 0 aliphatic heterocycles. The van der Waals surface area contributed by atoms with Crippen LogP contribution >= 0.6 is 0 Å². The van der Waals surface area contributed by atoms with Gasteiger partial charge in [-0.05, 0) is 43.7 Å². The Morgan fingerprint density at radius 1 is 1.12 bits per heavy atom. The van der Waals surface area contributed by atoms with Crippen LogP contribution in [0.3, 0.4) is 0 Å². The van der Waals surface area contributed by atoms with Gasteiger partial charge in [-0.15, -0.1) is 10.2 Å². The summed E-state index contributed by atoms with van der Waals surface area (Å²) in [6.45, 7) is 11.0. The lowest BCUT2D eigenvalue weighted by Gasteiger charge is -2.15. The molecular formula is C20H24N4O. The Morgan fingerprint density at radius 2 is 1.88 bits per heavy atom. The van der Waals surface area contributed by atoms with E-state index in [1.165, 1.54) is 5.56 Å². The predicted molar refractivity (Wildman–Crippen MR) is 100 cm³/mol. The zero-order valence-electron chi connectivity index (χ0n) is 15.4. The molecule has 0 aliphatic carbocycles. The maximum atomic E-state index is 5.63. The van der Waals surface area contributed by atoms with Gasteiger partial charge < -0.3 is 4.74 Å². The van der Waals surface area contributed by atoms with Crippen molar-refractivity contribution in [2.24, 2.45) is 10.2 Å². The van der Waals surface area contributed by atoms with Gasteiger partial charge in [0.1, 0.15) is 17.1 Å². The number of pyridine rings is 1. The van der Waals surface area contributed by atoms with Crippen molar-refractivity contribution in [3.63, 3.8) is 0 Å². The summed E-state index contributed by atoms with van der Waals surface area (Å²) in [5.41, 5.74) is 3.57. The molecule has 5 heteroatoms. The van der Waals surface area contributed by atoms with E-state index in [9.17, 15) is 0 Å². The first kappa shape index (κ1) is 17.1. The second-order valence-corrected chi connectivity index (χ2v) is 7.07. The summed E-state index contributed by atoms with van der Waals surface area (Å²) in [5, 5.41) is 9.00. The van der Waals surface area contributed by atoms with Crippen molar-refractivity contribution >= 4 is 17.2 Å². The Bertz CT molecular complexity index is 919. The molecule has 0 aliphatic rings. The average molecular weight is 336 g/mol. The molecule has 0 amide bonds. The molecule has 0 saturated heterocycles. The first-order chi connectivity index (χ1) is 11.9. The topological polar surface area (TPSA) is 51.2 Å². The van der Waals surface area contributed by atoms with Crippen molar-refractivity contribution in [2.75, 3.05) is 6.61 Å². The Labute approximate surface area is 148 Å². The number of aryl methyl sites for hydroxylation is 1. The summed E-state index contributed by atoms with van der Waals surface area (Å²) in [4.78, 5) is 4.79. The predicted octanol–water partition coefficient (Wildman–Crippen LogP) is 5.75. The maximum Gasteiger partial charge on any atom is 0.183 e. The van der Waals surface area contributed by atoms with E-state index < -0.39 is 0 Å². The Hall–Kier alpha value is -2.69. The third-order valence-corrected chi connectivity index (χ3v) is 3.88. The zero-order valence-corrected chi connectivity index (χ0v) is 15.4. The molecule has 0 atom stereocenters. The van der Waals surface area contributed by atoms with Gasteiger partial charge in [-0.25, -0.2) is 4.98 Å². The molecule has 0 radical (unpaired) electrons. The Balaban J connectivity index is 2.12. The van der Waals surface area contributed by atoms with Crippen molar-refractivity contribution in [1.82, 2.24) is 9.38 Å². The normalized spacial score (nSPS) is 12.2. The number of hydrogen-bond acceptors (Lipinski definition) is 4. The van der Waals surface area contributed by atoms with Crippen LogP contribution in [0, 0.1) is 6.92 Å². The lowest BCUT2D eigenvalue weighted by Crippen LogP contribution is -2.11. The van der Waals surface area contributed by atoms with Crippen LogP contribution in [0.4, 0.5) is 11.5 Å². The van der Waals surface area contributed by atoms with E-state index in [1.54, 1.807) is 0 Å². The molecule has 0 fully saturated rings. The fourth-order valence-electron chi connectivity index (χ4n) is 2.65. The van der Waals surface area contributed by atoms with E-state index in [2.05, 4.69) is 44.0 Å². The van der Waals surface area contributed by atoms with E-state index >= 15 is 0 Å². The van der Waals surface area contributed by atoms with E-state index in [0.29, 0.717) is 12.3 Å². The lowest BCUT2D eigenvalue weighted by molar-refractivity contribution is 0.341. The molecule has 0 bridgehead atoms. The number of aromatic nitrogens is 2. The summed E-state index contributed by atoms with van der Waals surface area (Å²) in [6, 6.07) is 11.8. The summed E-state index contributed by atoms with van der Waals surface area (Å²) in [6.07, 6.45) is 2.00. The van der Waals surface area contributed by atoms with Crippen molar-refractivity contribution in [3.05, 3.63) is 53.9 Å². The van der Waals surface area contributed by atoms with E-state index in [1.807, 2.05) is 47.9 Å². The number of rotatable bonds is 4. The largest absolute Gasteiger partial charge is 0.492 e. The van der Waals surface area contributed by atoms with E-state index in [0.717, 1.165) is 22.9 Å². The SMILES string of the molecule is CCOc1ccccc1N=Nc1c(C(C)(C)C)nc2cc(C)ccn12. The summed E-state index contributed by atoms with van der Waals surface area (Å²) in [7, 11) is 0. The molecule has 130 valence electrons. The average Bonchev–Trinajstić information content (AvgIpc) is 2.92. The Morgan fingerprint density at radius 3 is 2.60 bits per heavy atom. The highest BCUT2D eigenvalue weighted by Gasteiger charge is 2.24. The third kappa shape index (κ3) is 3.55. The first-order valence-electron chi connectivity index (χ1n) is 8.53. The molecule has 0 N–H and O–H groups in total. The number of azo groups is 1. The molecular weight excluding hydrogens is 312 g/mol. The number of fused-ring (bicyclic) bond motifs is 1. The molecule has 0 unspecified atom stereocenters. The van der Waals surface area contributed by atoms with Crippen molar-refractivity contribution in [1.29, 1.82) is 0 Å². The summed E-state index contributed by atoms with van der Waals surface area (Å²) < 4.78 is 7.62. The van der Waals surface area contributed by atoms with Crippen LogP contribution < -0.4 is 4.74 Å². The fraction of sp³-hybridized carbons (Fsp3) is 0.350. The number of hydrogen-bond donors (Lipinski definition) is 0. The standard InChI is InChI=1S/C20H24N4O/c1-6-25-16-10-8-7-9-15(16)22-23-19-18(20(3,4)5)21-17-13-14(2)11-12-24(17)19/h7-13H,6H2,1-5H3. The monoisotopic (exact) mass is 336 g/mol. The summed E-state index contributed by atoms with van der Waals surface area (Å²) in [5.74, 6) is 1.49. The molecule has 1 aromatic carbocycles. The summed E-state index contributed by atoms with van der Waals surface area (Å²) >= 11 is 0. The minimum absolute atomic E-state index is 0.131. The molecule has 5 nitrogen and oxygen atoms in total. The van der Waals surface area contributed by atoms with E-state index in [-0.39, 0.29) is 5.41 Å². The van der Waals surface area contributed by atoms with Gasteiger partial charge in [-0.2, -0.15) is 0 Å². The third-order valence-electron chi connectivity index (χ3n) is 3.88. The quantitative estimate of drug-likeness (QED) is 0.569. The van der Waals surface area contributed by atoms with Gasteiger partial charge in [0.25, 0.3) is 0 Å². The molecule has 2 aromatic heterocycles. The van der Waals surface area contributed by atoms with Crippen LogP contribution in [-0.2, 0) is 5.41 Å². The minimum Gasteiger partial charge on any atom is -0.492 e. The van der Waals surface area contributed by atoms with E-state index in [4.69, 9.17) is 9.72 Å². The fourth-order valence-corrected chi connectivity index (χ4v) is 2.65. The number of benzene rings is 1.